The number of ether oxygens (including phenoxy) is 1. The van der Waals surface area contributed by atoms with Crippen molar-refractivity contribution in [3.05, 3.63) is 112 Å². The third kappa shape index (κ3) is 2.92. The van der Waals surface area contributed by atoms with Crippen LogP contribution in [0.25, 0.3) is 21.3 Å². The second-order valence-electron chi connectivity index (χ2n) is 8.99. The van der Waals surface area contributed by atoms with Crippen LogP contribution in [0.4, 0.5) is 5.69 Å². The molecule has 0 radical (unpaired) electrons. The van der Waals surface area contributed by atoms with Crippen molar-refractivity contribution in [3.8, 4) is 17.0 Å². The van der Waals surface area contributed by atoms with E-state index in [9.17, 15) is 19.2 Å². The van der Waals surface area contributed by atoms with Crippen molar-refractivity contribution >= 4 is 50.6 Å². The highest BCUT2D eigenvalue weighted by Crippen LogP contribution is 2.42. The lowest BCUT2D eigenvalue weighted by Gasteiger charge is -2.22. The third-order valence-electron chi connectivity index (χ3n) is 7.04. The van der Waals surface area contributed by atoms with E-state index in [4.69, 9.17) is 4.74 Å². The molecule has 7 rings (SSSR count). The lowest BCUT2D eigenvalue weighted by atomic mass is 9.82. The Morgan fingerprint density at radius 1 is 0.737 bits per heavy atom. The molecular weight excluding hydrogens is 500 g/mol. The van der Waals surface area contributed by atoms with E-state index in [1.807, 2.05) is 18.2 Å². The Morgan fingerprint density at radius 2 is 1.37 bits per heavy atom. The number of hydrogen-bond donors (Lipinski definition) is 1. The Morgan fingerprint density at radius 3 is 2.05 bits per heavy atom. The van der Waals surface area contributed by atoms with Gasteiger partial charge in [0, 0.05) is 33.2 Å². The minimum absolute atomic E-state index is 0.0875. The Bertz CT molecular complexity index is 1920. The van der Waals surface area contributed by atoms with Gasteiger partial charge in [-0.1, -0.05) is 48.5 Å². The van der Waals surface area contributed by atoms with Crippen LogP contribution in [0.5, 0.6) is 5.75 Å². The molecule has 8 heteroatoms. The zero-order valence-electron chi connectivity index (χ0n) is 19.8. The van der Waals surface area contributed by atoms with Crippen molar-refractivity contribution < 1.29 is 23.9 Å². The maximum absolute atomic E-state index is 13.6. The highest BCUT2D eigenvalue weighted by molar-refractivity contribution is 7.14. The zero-order chi connectivity index (χ0) is 26.1. The number of nitrogens with one attached hydrogen (secondary N) is 1. The van der Waals surface area contributed by atoms with Gasteiger partial charge in [0.1, 0.15) is 5.75 Å². The van der Waals surface area contributed by atoms with Gasteiger partial charge in [-0.2, -0.15) is 4.37 Å². The topological polar surface area (TPSA) is 102 Å². The first-order valence-corrected chi connectivity index (χ1v) is 12.5. The summed E-state index contributed by atoms with van der Waals surface area (Å²) in [5.41, 5.74) is 3.78. The van der Waals surface area contributed by atoms with Gasteiger partial charge in [-0.3, -0.25) is 19.2 Å². The summed E-state index contributed by atoms with van der Waals surface area (Å²) >= 11 is 1.15. The van der Waals surface area contributed by atoms with Gasteiger partial charge in [0.2, 0.25) is 0 Å². The molecule has 1 N–H and O–H groups in total. The minimum Gasteiger partial charge on any atom is -0.496 e. The summed E-state index contributed by atoms with van der Waals surface area (Å²) in [6.07, 6.45) is 0. The molecule has 0 spiro atoms. The van der Waals surface area contributed by atoms with E-state index < -0.39 is 5.91 Å². The average molecular weight is 517 g/mol. The molecule has 7 nitrogen and oxygen atoms in total. The number of aromatic nitrogens is 1. The first-order valence-electron chi connectivity index (χ1n) is 11.8. The Kier molecular flexibility index (Phi) is 4.70. The number of carbonyl (C=O) groups is 4. The summed E-state index contributed by atoms with van der Waals surface area (Å²) in [4.78, 5) is 53.6. The molecule has 1 heterocycles. The van der Waals surface area contributed by atoms with Gasteiger partial charge < -0.3 is 10.1 Å². The molecule has 0 bridgehead atoms. The molecule has 1 aromatic heterocycles. The molecule has 38 heavy (non-hydrogen) atoms. The lowest BCUT2D eigenvalue weighted by Crippen LogP contribution is -2.24. The highest BCUT2D eigenvalue weighted by Gasteiger charge is 2.35. The molecule has 0 fully saturated rings. The van der Waals surface area contributed by atoms with Gasteiger partial charge in [-0.05, 0) is 35.8 Å². The smallest absolute Gasteiger partial charge is 0.257 e. The molecule has 2 aliphatic rings. The molecule has 0 atom stereocenters. The van der Waals surface area contributed by atoms with Crippen LogP contribution < -0.4 is 10.1 Å². The van der Waals surface area contributed by atoms with E-state index in [-0.39, 0.29) is 45.5 Å². The predicted molar refractivity (Wildman–Crippen MR) is 143 cm³/mol. The largest absolute Gasteiger partial charge is 0.496 e. The summed E-state index contributed by atoms with van der Waals surface area (Å²) in [6.45, 7) is 0. The average Bonchev–Trinajstić information content (AvgIpc) is 3.40. The second kappa shape index (κ2) is 8.03. The summed E-state index contributed by atoms with van der Waals surface area (Å²) in [7, 11) is 1.43. The molecule has 0 saturated carbocycles. The number of fused-ring (bicyclic) bond motifs is 4. The lowest BCUT2D eigenvalue weighted by molar-refractivity contribution is 0.0976. The molecule has 182 valence electrons. The van der Waals surface area contributed by atoms with E-state index >= 15 is 0 Å². The van der Waals surface area contributed by atoms with Gasteiger partial charge in [0.25, 0.3) is 5.91 Å². The van der Waals surface area contributed by atoms with Crippen LogP contribution in [0.2, 0.25) is 0 Å². The number of methoxy groups -OCH3 is 1. The van der Waals surface area contributed by atoms with E-state index in [2.05, 4.69) is 9.69 Å². The third-order valence-corrected chi connectivity index (χ3v) is 7.92. The first kappa shape index (κ1) is 22.3. The molecule has 1 amide bonds. The zero-order valence-corrected chi connectivity index (χ0v) is 20.6. The van der Waals surface area contributed by atoms with Crippen molar-refractivity contribution in [2.24, 2.45) is 0 Å². The van der Waals surface area contributed by atoms with E-state index in [0.717, 1.165) is 17.1 Å². The number of ketones is 3. The fourth-order valence-electron chi connectivity index (χ4n) is 5.29. The summed E-state index contributed by atoms with van der Waals surface area (Å²) in [6, 6.07) is 20.2. The number of benzene rings is 4. The monoisotopic (exact) mass is 516 g/mol. The minimum atomic E-state index is -0.482. The van der Waals surface area contributed by atoms with Crippen molar-refractivity contribution in [1.29, 1.82) is 0 Å². The maximum Gasteiger partial charge on any atom is 0.257 e. The van der Waals surface area contributed by atoms with Crippen molar-refractivity contribution in [2.75, 3.05) is 12.4 Å². The quantitative estimate of drug-likeness (QED) is 0.331. The van der Waals surface area contributed by atoms with E-state index in [0.29, 0.717) is 38.0 Å². The molecular formula is C30H16N2O5S. The van der Waals surface area contributed by atoms with Crippen LogP contribution in [-0.4, -0.2) is 34.7 Å². The van der Waals surface area contributed by atoms with Gasteiger partial charge in [0.15, 0.2) is 17.3 Å². The predicted octanol–water partition coefficient (Wildman–Crippen LogP) is 5.54. The van der Waals surface area contributed by atoms with Crippen LogP contribution in [0, 0.1) is 0 Å². The number of carbonyl (C=O) groups excluding carboxylic acids is 4. The molecule has 2 aliphatic carbocycles. The van der Waals surface area contributed by atoms with Gasteiger partial charge >= 0.3 is 0 Å². The number of hydrogen-bond acceptors (Lipinski definition) is 7. The van der Waals surface area contributed by atoms with Crippen LogP contribution in [-0.2, 0) is 0 Å². The summed E-state index contributed by atoms with van der Waals surface area (Å²) < 4.78 is 10.6. The van der Waals surface area contributed by atoms with Gasteiger partial charge in [0.05, 0.1) is 39.9 Å². The van der Waals surface area contributed by atoms with Crippen molar-refractivity contribution in [2.45, 2.75) is 0 Å². The first-order chi connectivity index (χ1) is 18.5. The van der Waals surface area contributed by atoms with Gasteiger partial charge in [-0.25, -0.2) is 0 Å². The number of rotatable bonds is 3. The Hall–Kier alpha value is -4.95. The summed E-state index contributed by atoms with van der Waals surface area (Å²) in [5, 5.41) is 3.48. The molecule has 5 aromatic rings. The molecule has 0 unspecified atom stereocenters. The number of nitrogens with zero attached hydrogens (tertiary/aromatic N) is 1. The number of anilines is 1. The van der Waals surface area contributed by atoms with Crippen LogP contribution in [0.15, 0.2) is 72.8 Å². The highest BCUT2D eigenvalue weighted by atomic mass is 32.1. The van der Waals surface area contributed by atoms with Crippen LogP contribution in [0.1, 0.15) is 58.1 Å². The SMILES string of the molecule is COc1ccc(NC(=O)c2ccc3c4c(nsc24)-c2ccccc2C3=O)c2c1C(=O)c1ccccc1C2=O. The van der Waals surface area contributed by atoms with Crippen molar-refractivity contribution in [1.82, 2.24) is 4.37 Å². The molecule has 4 aromatic carbocycles. The Labute approximate surface area is 219 Å². The van der Waals surface area contributed by atoms with E-state index in [1.54, 1.807) is 54.6 Å². The fourth-order valence-corrected chi connectivity index (χ4v) is 6.22. The second-order valence-corrected chi connectivity index (χ2v) is 9.77. The fraction of sp³-hybridized carbons (Fsp3) is 0.0333. The normalized spacial score (nSPS) is 13.1. The molecule has 0 aliphatic heterocycles. The van der Waals surface area contributed by atoms with Crippen LogP contribution in [0.3, 0.4) is 0 Å². The standard InChI is InChI=1S/C30H16N2O5S/c1-37-21-13-12-20(23-24(21)28(35)17-9-5-4-8-16(17)27(23)34)31-30(36)19-11-10-18-22-25(32-38-29(19)22)14-6-2-3-7-15(14)26(18)33/h2-13H,1H3,(H,31,36). The van der Waals surface area contributed by atoms with Gasteiger partial charge in [-0.15, -0.1) is 0 Å². The molecule has 0 saturated heterocycles. The van der Waals surface area contributed by atoms with E-state index in [1.165, 1.54) is 7.11 Å². The van der Waals surface area contributed by atoms with Crippen molar-refractivity contribution in [3.63, 3.8) is 0 Å². The van der Waals surface area contributed by atoms with Crippen LogP contribution >= 0.6 is 11.5 Å². The maximum atomic E-state index is 13.6. The Balaban J connectivity index is 1.35. The number of amides is 1. The summed E-state index contributed by atoms with van der Waals surface area (Å²) in [5.74, 6) is -1.06.